The highest BCUT2D eigenvalue weighted by molar-refractivity contribution is 5.75. The van der Waals surface area contributed by atoms with Gasteiger partial charge in [-0.3, -0.25) is 4.79 Å². The fraction of sp³-hybridized carbons (Fsp3) is 0.933. The van der Waals surface area contributed by atoms with Crippen LogP contribution < -0.4 is 5.32 Å². The summed E-state index contributed by atoms with van der Waals surface area (Å²) < 4.78 is 5.13. The fourth-order valence-electron chi connectivity index (χ4n) is 2.98. The van der Waals surface area contributed by atoms with Crippen LogP contribution in [-0.4, -0.2) is 24.7 Å². The fourth-order valence-corrected chi connectivity index (χ4v) is 2.98. The van der Waals surface area contributed by atoms with E-state index < -0.39 is 0 Å². The lowest BCUT2D eigenvalue weighted by Crippen LogP contribution is -2.47. The van der Waals surface area contributed by atoms with E-state index in [1.54, 1.807) is 0 Å². The van der Waals surface area contributed by atoms with Gasteiger partial charge in [0, 0.05) is 6.04 Å². The predicted molar refractivity (Wildman–Crippen MR) is 74.5 cm³/mol. The van der Waals surface area contributed by atoms with Crippen LogP contribution in [0, 0.1) is 5.92 Å². The first-order valence-electron chi connectivity index (χ1n) is 7.65. The van der Waals surface area contributed by atoms with E-state index in [1.165, 1.54) is 32.1 Å². The highest BCUT2D eigenvalue weighted by Crippen LogP contribution is 2.28. The summed E-state index contributed by atoms with van der Waals surface area (Å²) in [7, 11) is 0. The van der Waals surface area contributed by atoms with Gasteiger partial charge in [0.25, 0.3) is 0 Å². The molecule has 0 aromatic heterocycles. The zero-order chi connectivity index (χ0) is 13.4. The number of rotatable bonds is 7. The topological polar surface area (TPSA) is 38.3 Å². The van der Waals surface area contributed by atoms with Crippen LogP contribution in [0.25, 0.3) is 0 Å². The van der Waals surface area contributed by atoms with Gasteiger partial charge in [-0.2, -0.15) is 0 Å². The molecular formula is C15H29NO2. The van der Waals surface area contributed by atoms with Gasteiger partial charge >= 0.3 is 5.97 Å². The minimum atomic E-state index is -0.128. The molecular weight excluding hydrogens is 226 g/mol. The van der Waals surface area contributed by atoms with Gasteiger partial charge in [0.1, 0.15) is 6.04 Å². The van der Waals surface area contributed by atoms with E-state index in [-0.39, 0.29) is 12.0 Å². The third-order valence-corrected chi connectivity index (χ3v) is 4.05. The first kappa shape index (κ1) is 15.5. The van der Waals surface area contributed by atoms with Gasteiger partial charge in [-0.05, 0) is 38.5 Å². The van der Waals surface area contributed by atoms with Gasteiger partial charge in [0.15, 0.2) is 0 Å². The van der Waals surface area contributed by atoms with Crippen LogP contribution in [-0.2, 0) is 9.53 Å². The van der Waals surface area contributed by atoms with Gasteiger partial charge in [0.05, 0.1) is 6.61 Å². The van der Waals surface area contributed by atoms with Crippen molar-refractivity contribution in [3.8, 4) is 0 Å². The first-order chi connectivity index (χ1) is 8.72. The Morgan fingerprint density at radius 3 is 2.33 bits per heavy atom. The molecule has 0 aliphatic heterocycles. The molecule has 2 atom stereocenters. The molecule has 1 aliphatic rings. The Kier molecular flexibility index (Phi) is 7.33. The second kappa shape index (κ2) is 8.52. The molecule has 0 aromatic rings. The molecule has 1 aliphatic carbocycles. The van der Waals surface area contributed by atoms with Crippen molar-refractivity contribution in [1.29, 1.82) is 0 Å². The third kappa shape index (κ3) is 4.60. The SMILES string of the molecule is CCOC(=O)C(CC)NC(CC)C1CCCCC1. The number of hydrogen-bond acceptors (Lipinski definition) is 3. The molecule has 18 heavy (non-hydrogen) atoms. The van der Waals surface area contributed by atoms with E-state index >= 15 is 0 Å². The molecule has 2 unspecified atom stereocenters. The van der Waals surface area contributed by atoms with Crippen molar-refractivity contribution in [2.75, 3.05) is 6.61 Å². The van der Waals surface area contributed by atoms with Crippen molar-refractivity contribution in [1.82, 2.24) is 5.32 Å². The van der Waals surface area contributed by atoms with E-state index in [4.69, 9.17) is 4.74 Å². The van der Waals surface area contributed by atoms with Crippen LogP contribution >= 0.6 is 0 Å². The summed E-state index contributed by atoms with van der Waals surface area (Å²) in [5, 5.41) is 3.53. The average Bonchev–Trinajstić information content (AvgIpc) is 2.41. The van der Waals surface area contributed by atoms with Crippen molar-refractivity contribution in [2.45, 2.75) is 77.8 Å². The summed E-state index contributed by atoms with van der Waals surface area (Å²) in [4.78, 5) is 11.8. The van der Waals surface area contributed by atoms with Gasteiger partial charge in [0.2, 0.25) is 0 Å². The van der Waals surface area contributed by atoms with Crippen LogP contribution in [0.3, 0.4) is 0 Å². The minimum Gasteiger partial charge on any atom is -0.465 e. The van der Waals surface area contributed by atoms with E-state index in [0.29, 0.717) is 12.6 Å². The van der Waals surface area contributed by atoms with Crippen LogP contribution in [0.15, 0.2) is 0 Å². The van der Waals surface area contributed by atoms with Crippen molar-refractivity contribution >= 4 is 5.97 Å². The summed E-state index contributed by atoms with van der Waals surface area (Å²) >= 11 is 0. The molecule has 1 rings (SSSR count). The molecule has 0 heterocycles. The van der Waals surface area contributed by atoms with Gasteiger partial charge in [-0.15, -0.1) is 0 Å². The summed E-state index contributed by atoms with van der Waals surface area (Å²) in [5.74, 6) is 0.654. The van der Waals surface area contributed by atoms with Crippen LogP contribution in [0.4, 0.5) is 0 Å². The van der Waals surface area contributed by atoms with Crippen molar-refractivity contribution in [3.05, 3.63) is 0 Å². The minimum absolute atomic E-state index is 0.0886. The molecule has 0 saturated heterocycles. The standard InChI is InChI=1S/C15H29NO2/c1-4-13(12-10-8-7-9-11-12)16-14(5-2)15(17)18-6-3/h12-14,16H,4-11H2,1-3H3. The number of hydrogen-bond donors (Lipinski definition) is 1. The summed E-state index contributed by atoms with van der Waals surface area (Å²) in [6, 6.07) is 0.344. The van der Waals surface area contributed by atoms with Gasteiger partial charge < -0.3 is 10.1 Å². The Balaban J connectivity index is 2.50. The number of carbonyl (C=O) groups excluding carboxylic acids is 1. The van der Waals surface area contributed by atoms with Gasteiger partial charge in [-0.25, -0.2) is 0 Å². The van der Waals surface area contributed by atoms with E-state index in [1.807, 2.05) is 13.8 Å². The molecule has 3 heteroatoms. The maximum atomic E-state index is 11.8. The third-order valence-electron chi connectivity index (χ3n) is 4.05. The molecule has 1 N–H and O–H groups in total. The highest BCUT2D eigenvalue weighted by atomic mass is 16.5. The summed E-state index contributed by atoms with van der Waals surface area (Å²) in [6.45, 7) is 6.59. The second-order valence-corrected chi connectivity index (χ2v) is 5.29. The number of ether oxygens (including phenoxy) is 1. The maximum absolute atomic E-state index is 11.8. The quantitative estimate of drug-likeness (QED) is 0.710. The molecule has 106 valence electrons. The maximum Gasteiger partial charge on any atom is 0.323 e. The van der Waals surface area contributed by atoms with E-state index in [0.717, 1.165) is 18.8 Å². The predicted octanol–water partition coefficient (Wildman–Crippen LogP) is 3.28. The highest BCUT2D eigenvalue weighted by Gasteiger charge is 2.27. The van der Waals surface area contributed by atoms with E-state index in [2.05, 4.69) is 12.2 Å². The zero-order valence-electron chi connectivity index (χ0n) is 12.2. The molecule has 0 radical (unpaired) electrons. The van der Waals surface area contributed by atoms with Crippen LogP contribution in [0.1, 0.15) is 65.7 Å². The molecule has 1 saturated carbocycles. The second-order valence-electron chi connectivity index (χ2n) is 5.29. The zero-order valence-corrected chi connectivity index (χ0v) is 12.2. The molecule has 0 aromatic carbocycles. The first-order valence-corrected chi connectivity index (χ1v) is 7.65. The van der Waals surface area contributed by atoms with Crippen molar-refractivity contribution in [2.24, 2.45) is 5.92 Å². The largest absolute Gasteiger partial charge is 0.465 e. The Bertz CT molecular complexity index is 237. The lowest BCUT2D eigenvalue weighted by atomic mass is 9.82. The average molecular weight is 255 g/mol. The van der Waals surface area contributed by atoms with Crippen molar-refractivity contribution < 1.29 is 9.53 Å². The lowest BCUT2D eigenvalue weighted by Gasteiger charge is -2.32. The summed E-state index contributed by atoms with van der Waals surface area (Å²) in [5.41, 5.74) is 0. The van der Waals surface area contributed by atoms with Crippen LogP contribution in [0.5, 0.6) is 0 Å². The molecule has 0 spiro atoms. The van der Waals surface area contributed by atoms with Crippen molar-refractivity contribution in [3.63, 3.8) is 0 Å². The number of nitrogens with one attached hydrogen (secondary N) is 1. The van der Waals surface area contributed by atoms with Crippen LogP contribution in [0.2, 0.25) is 0 Å². The lowest BCUT2D eigenvalue weighted by molar-refractivity contribution is -0.146. The number of carbonyl (C=O) groups is 1. The Morgan fingerprint density at radius 1 is 1.17 bits per heavy atom. The Labute approximate surface area is 112 Å². The Morgan fingerprint density at radius 2 is 1.83 bits per heavy atom. The Hall–Kier alpha value is -0.570. The molecule has 0 bridgehead atoms. The monoisotopic (exact) mass is 255 g/mol. The normalized spacial score (nSPS) is 20.4. The number of esters is 1. The molecule has 1 fully saturated rings. The molecule has 3 nitrogen and oxygen atoms in total. The summed E-state index contributed by atoms with van der Waals surface area (Å²) in [6.07, 6.45) is 8.60. The van der Waals surface area contributed by atoms with E-state index in [9.17, 15) is 4.79 Å². The molecule has 0 amide bonds. The smallest absolute Gasteiger partial charge is 0.323 e. The van der Waals surface area contributed by atoms with Gasteiger partial charge in [-0.1, -0.05) is 33.1 Å².